The van der Waals surface area contributed by atoms with Crippen LogP contribution in [0, 0.1) is 6.92 Å². The van der Waals surface area contributed by atoms with Gasteiger partial charge in [0.15, 0.2) is 0 Å². The fourth-order valence-electron chi connectivity index (χ4n) is 1.23. The molecule has 0 aromatic heterocycles. The van der Waals surface area contributed by atoms with E-state index in [1.165, 1.54) is 5.56 Å². The van der Waals surface area contributed by atoms with Gasteiger partial charge in [-0.25, -0.2) is 0 Å². The number of unbranched alkanes of at least 4 members (excludes halogenated alkanes) is 1. The molecular formula is C13H19NO2. The minimum atomic E-state index is -0.200. The molecule has 0 saturated heterocycles. The summed E-state index contributed by atoms with van der Waals surface area (Å²) < 4.78 is 5.03. The number of rotatable bonds is 6. The van der Waals surface area contributed by atoms with Crippen molar-refractivity contribution >= 4 is 11.7 Å². The van der Waals surface area contributed by atoms with Gasteiger partial charge < -0.3 is 10.1 Å². The largest absolute Gasteiger partial charge is 0.464 e. The maximum atomic E-state index is 11.3. The third-order valence-electron chi connectivity index (χ3n) is 2.25. The summed E-state index contributed by atoms with van der Waals surface area (Å²) in [6.45, 7) is 4.85. The number of nitrogens with one attached hydrogen (secondary N) is 1. The fourth-order valence-corrected chi connectivity index (χ4v) is 1.23. The smallest absolute Gasteiger partial charge is 0.325 e. The molecule has 0 heterocycles. The summed E-state index contributed by atoms with van der Waals surface area (Å²) >= 11 is 0. The molecule has 1 aromatic carbocycles. The summed E-state index contributed by atoms with van der Waals surface area (Å²) in [7, 11) is 0. The van der Waals surface area contributed by atoms with Crippen LogP contribution in [0.25, 0.3) is 0 Å². The topological polar surface area (TPSA) is 38.3 Å². The molecule has 0 fully saturated rings. The van der Waals surface area contributed by atoms with E-state index in [0.29, 0.717) is 6.61 Å². The number of hydrogen-bond donors (Lipinski definition) is 1. The van der Waals surface area contributed by atoms with Gasteiger partial charge in [-0.15, -0.1) is 0 Å². The Morgan fingerprint density at radius 2 is 2.00 bits per heavy atom. The minimum Gasteiger partial charge on any atom is -0.464 e. The standard InChI is InChI=1S/C13H19NO2/c1-3-4-9-16-13(15)10-14-12-7-5-11(2)6-8-12/h5-8,14H,3-4,9-10H2,1-2H3. The SMILES string of the molecule is CCCCOC(=O)CNc1ccc(C)cc1. The molecule has 1 aromatic rings. The molecule has 16 heavy (non-hydrogen) atoms. The molecule has 0 aliphatic carbocycles. The quantitative estimate of drug-likeness (QED) is 0.593. The Labute approximate surface area is 96.8 Å². The Balaban J connectivity index is 2.23. The third-order valence-corrected chi connectivity index (χ3v) is 2.25. The molecule has 0 atom stereocenters. The van der Waals surface area contributed by atoms with E-state index in [2.05, 4.69) is 12.2 Å². The minimum absolute atomic E-state index is 0.200. The van der Waals surface area contributed by atoms with E-state index in [1.807, 2.05) is 31.2 Å². The number of anilines is 1. The molecule has 88 valence electrons. The van der Waals surface area contributed by atoms with Crippen molar-refractivity contribution in [1.29, 1.82) is 0 Å². The predicted octanol–water partition coefficient (Wildman–Crippen LogP) is 2.75. The molecule has 1 N–H and O–H groups in total. The number of ether oxygens (including phenoxy) is 1. The Hall–Kier alpha value is -1.51. The number of carbonyl (C=O) groups excluding carboxylic acids is 1. The molecule has 0 radical (unpaired) electrons. The van der Waals surface area contributed by atoms with E-state index < -0.39 is 0 Å². The highest BCUT2D eigenvalue weighted by atomic mass is 16.5. The predicted molar refractivity (Wildman–Crippen MR) is 65.5 cm³/mol. The molecule has 0 spiro atoms. The second kappa shape index (κ2) is 6.88. The summed E-state index contributed by atoms with van der Waals surface area (Å²) in [5.41, 5.74) is 2.15. The molecule has 0 aliphatic rings. The molecule has 3 nitrogen and oxygen atoms in total. The van der Waals surface area contributed by atoms with Gasteiger partial charge >= 0.3 is 5.97 Å². The highest BCUT2D eigenvalue weighted by Crippen LogP contribution is 2.07. The van der Waals surface area contributed by atoms with Crippen LogP contribution in [0.4, 0.5) is 5.69 Å². The van der Waals surface area contributed by atoms with Gasteiger partial charge in [0.05, 0.1) is 6.61 Å². The van der Waals surface area contributed by atoms with Crippen LogP contribution in [0.3, 0.4) is 0 Å². The first-order valence-corrected chi connectivity index (χ1v) is 5.68. The number of carbonyl (C=O) groups is 1. The second-order valence-electron chi connectivity index (χ2n) is 3.79. The lowest BCUT2D eigenvalue weighted by Gasteiger charge is -2.07. The highest BCUT2D eigenvalue weighted by molar-refractivity contribution is 5.74. The van der Waals surface area contributed by atoms with Crippen molar-refractivity contribution in [3.8, 4) is 0 Å². The maximum absolute atomic E-state index is 11.3. The van der Waals surface area contributed by atoms with Crippen LogP contribution in [0.1, 0.15) is 25.3 Å². The first kappa shape index (κ1) is 12.6. The van der Waals surface area contributed by atoms with Gasteiger partial charge in [-0.1, -0.05) is 31.0 Å². The van der Waals surface area contributed by atoms with Crippen LogP contribution in [0.5, 0.6) is 0 Å². The van der Waals surface area contributed by atoms with Crippen molar-refractivity contribution in [2.24, 2.45) is 0 Å². The average Bonchev–Trinajstić information content (AvgIpc) is 2.29. The van der Waals surface area contributed by atoms with Gasteiger partial charge in [0.2, 0.25) is 0 Å². The van der Waals surface area contributed by atoms with Crippen molar-refractivity contribution in [2.45, 2.75) is 26.7 Å². The molecule has 0 amide bonds. The van der Waals surface area contributed by atoms with Crippen molar-refractivity contribution in [3.63, 3.8) is 0 Å². The van der Waals surface area contributed by atoms with Crippen LogP contribution in [-0.2, 0) is 9.53 Å². The van der Waals surface area contributed by atoms with Gasteiger partial charge in [0, 0.05) is 5.69 Å². The van der Waals surface area contributed by atoms with Crippen LogP contribution < -0.4 is 5.32 Å². The van der Waals surface area contributed by atoms with E-state index in [9.17, 15) is 4.79 Å². The number of esters is 1. The van der Waals surface area contributed by atoms with Gasteiger partial charge in [0.25, 0.3) is 0 Å². The van der Waals surface area contributed by atoms with Gasteiger partial charge in [-0.3, -0.25) is 4.79 Å². The van der Waals surface area contributed by atoms with E-state index in [-0.39, 0.29) is 12.5 Å². The summed E-state index contributed by atoms with van der Waals surface area (Å²) in [6.07, 6.45) is 1.97. The van der Waals surface area contributed by atoms with E-state index in [1.54, 1.807) is 0 Å². The number of hydrogen-bond acceptors (Lipinski definition) is 3. The first-order valence-electron chi connectivity index (χ1n) is 5.68. The zero-order valence-electron chi connectivity index (χ0n) is 9.95. The highest BCUT2D eigenvalue weighted by Gasteiger charge is 2.01. The summed E-state index contributed by atoms with van der Waals surface area (Å²) in [5, 5.41) is 3.02. The second-order valence-corrected chi connectivity index (χ2v) is 3.79. The number of benzene rings is 1. The van der Waals surface area contributed by atoms with Crippen molar-refractivity contribution in [1.82, 2.24) is 0 Å². The molecule has 0 bridgehead atoms. The van der Waals surface area contributed by atoms with Crippen LogP contribution >= 0.6 is 0 Å². The van der Waals surface area contributed by atoms with Crippen LogP contribution in [-0.4, -0.2) is 19.1 Å². The van der Waals surface area contributed by atoms with E-state index in [4.69, 9.17) is 4.74 Å². The van der Waals surface area contributed by atoms with Crippen molar-refractivity contribution in [3.05, 3.63) is 29.8 Å². The molecule has 0 aliphatic heterocycles. The Kier molecular flexibility index (Phi) is 5.40. The summed E-state index contributed by atoms with van der Waals surface area (Å²) in [4.78, 5) is 11.3. The zero-order chi connectivity index (χ0) is 11.8. The average molecular weight is 221 g/mol. The normalized spacial score (nSPS) is 9.88. The van der Waals surface area contributed by atoms with Gasteiger partial charge in [0.1, 0.15) is 6.54 Å². The van der Waals surface area contributed by atoms with E-state index >= 15 is 0 Å². The van der Waals surface area contributed by atoms with Crippen LogP contribution in [0.2, 0.25) is 0 Å². The molecular weight excluding hydrogens is 202 g/mol. The van der Waals surface area contributed by atoms with Crippen molar-refractivity contribution < 1.29 is 9.53 Å². The first-order chi connectivity index (χ1) is 7.72. The Bertz CT molecular complexity index is 319. The lowest BCUT2D eigenvalue weighted by molar-refractivity contribution is -0.141. The lowest BCUT2D eigenvalue weighted by atomic mass is 10.2. The third kappa shape index (κ3) is 4.82. The monoisotopic (exact) mass is 221 g/mol. The Morgan fingerprint density at radius 1 is 1.31 bits per heavy atom. The van der Waals surface area contributed by atoms with Gasteiger partial charge in [-0.2, -0.15) is 0 Å². The summed E-state index contributed by atoms with van der Waals surface area (Å²) in [5.74, 6) is -0.200. The number of aryl methyl sites for hydroxylation is 1. The van der Waals surface area contributed by atoms with Gasteiger partial charge in [-0.05, 0) is 25.5 Å². The zero-order valence-corrected chi connectivity index (χ0v) is 9.95. The molecule has 0 saturated carbocycles. The van der Waals surface area contributed by atoms with E-state index in [0.717, 1.165) is 18.5 Å². The fraction of sp³-hybridized carbons (Fsp3) is 0.462. The molecule has 0 unspecified atom stereocenters. The maximum Gasteiger partial charge on any atom is 0.325 e. The van der Waals surface area contributed by atoms with Crippen LogP contribution in [0.15, 0.2) is 24.3 Å². The lowest BCUT2D eigenvalue weighted by Crippen LogP contribution is -2.17. The summed E-state index contributed by atoms with van der Waals surface area (Å²) in [6, 6.07) is 7.92. The van der Waals surface area contributed by atoms with Crippen molar-refractivity contribution in [2.75, 3.05) is 18.5 Å². The molecule has 1 rings (SSSR count). The Morgan fingerprint density at radius 3 is 2.62 bits per heavy atom. The molecule has 3 heteroatoms.